The Hall–Kier alpha value is -2.85. The van der Waals surface area contributed by atoms with Gasteiger partial charge in [-0.25, -0.2) is 4.98 Å². The Morgan fingerprint density at radius 1 is 1.29 bits per heavy atom. The van der Waals surface area contributed by atoms with E-state index in [0.29, 0.717) is 17.7 Å². The van der Waals surface area contributed by atoms with Crippen molar-refractivity contribution in [3.8, 4) is 0 Å². The number of aromatic amines is 1. The summed E-state index contributed by atoms with van der Waals surface area (Å²) in [5, 5.41) is 10.3. The van der Waals surface area contributed by atoms with E-state index in [2.05, 4.69) is 19.7 Å². The second kappa shape index (κ2) is 7.28. The van der Waals surface area contributed by atoms with E-state index in [1.54, 1.807) is 24.3 Å². The average Bonchev–Trinajstić information content (AvgIpc) is 3.29. The number of aliphatic carboxylic acids is 1. The largest absolute Gasteiger partial charge is 0.481 e. The Morgan fingerprint density at radius 2 is 2.14 bits per heavy atom. The number of nitrogens with zero attached hydrogens (tertiary/aromatic N) is 2. The van der Waals surface area contributed by atoms with Gasteiger partial charge in [0.2, 0.25) is 0 Å². The van der Waals surface area contributed by atoms with Crippen LogP contribution in [0.2, 0.25) is 0 Å². The summed E-state index contributed by atoms with van der Waals surface area (Å²) >= 11 is 1.41. The van der Waals surface area contributed by atoms with Gasteiger partial charge in [-0.15, -0.1) is 0 Å². The predicted octanol–water partition coefficient (Wildman–Crippen LogP) is 2.70. The molecule has 10 heteroatoms. The van der Waals surface area contributed by atoms with Gasteiger partial charge >= 0.3 is 5.97 Å². The van der Waals surface area contributed by atoms with Crippen molar-refractivity contribution in [3.63, 3.8) is 0 Å². The monoisotopic (exact) mass is 416 g/mol. The number of fused-ring (bicyclic) bond motifs is 1. The molecular formula is C18H16N4O4S2. The van der Waals surface area contributed by atoms with Crippen LogP contribution >= 0.6 is 11.8 Å². The first-order valence-electron chi connectivity index (χ1n) is 8.41. The third-order valence-corrected chi connectivity index (χ3v) is 6.67. The van der Waals surface area contributed by atoms with Gasteiger partial charge in [0, 0.05) is 16.8 Å². The fourth-order valence-electron chi connectivity index (χ4n) is 2.93. The van der Waals surface area contributed by atoms with E-state index in [9.17, 15) is 13.2 Å². The summed E-state index contributed by atoms with van der Waals surface area (Å²) in [5.41, 5.74) is 1.76. The Bertz CT molecular complexity index is 1170. The molecule has 0 radical (unpaired) electrons. The number of pyridine rings is 1. The van der Waals surface area contributed by atoms with Crippen LogP contribution < -0.4 is 4.72 Å². The molecule has 1 aromatic carbocycles. The third-order valence-electron chi connectivity index (χ3n) is 4.16. The smallest absolute Gasteiger partial charge is 0.304 e. The molecule has 0 aliphatic carbocycles. The van der Waals surface area contributed by atoms with Crippen LogP contribution in [0.25, 0.3) is 10.9 Å². The number of anilines is 1. The van der Waals surface area contributed by atoms with E-state index in [4.69, 9.17) is 5.11 Å². The van der Waals surface area contributed by atoms with Gasteiger partial charge in [-0.2, -0.15) is 8.42 Å². The number of aliphatic imine (C=N–C) groups is 1. The maximum absolute atomic E-state index is 12.6. The summed E-state index contributed by atoms with van der Waals surface area (Å²) in [7, 11) is -3.82. The first kappa shape index (κ1) is 18.5. The lowest BCUT2D eigenvalue weighted by Crippen LogP contribution is -2.14. The van der Waals surface area contributed by atoms with Gasteiger partial charge in [0.15, 0.2) is 5.03 Å². The first-order valence-corrected chi connectivity index (χ1v) is 10.8. The molecule has 0 spiro atoms. The molecule has 0 saturated carbocycles. The number of para-hydroxylation sites is 1. The van der Waals surface area contributed by atoms with E-state index >= 15 is 0 Å². The second-order valence-corrected chi connectivity index (χ2v) is 9.13. The van der Waals surface area contributed by atoms with Crippen LogP contribution in [0.3, 0.4) is 0 Å². The van der Waals surface area contributed by atoms with Crippen molar-refractivity contribution >= 4 is 49.4 Å². The van der Waals surface area contributed by atoms with Crippen molar-refractivity contribution < 1.29 is 18.3 Å². The molecule has 1 aliphatic heterocycles. The summed E-state index contributed by atoms with van der Waals surface area (Å²) < 4.78 is 27.7. The predicted molar refractivity (Wildman–Crippen MR) is 108 cm³/mol. The molecule has 8 nitrogen and oxygen atoms in total. The van der Waals surface area contributed by atoms with Crippen molar-refractivity contribution in [3.05, 3.63) is 54.4 Å². The Kier molecular flexibility index (Phi) is 4.82. The van der Waals surface area contributed by atoms with Crippen LogP contribution in [0.15, 0.2) is 58.7 Å². The fraction of sp³-hybridized carbons (Fsp3) is 0.167. The summed E-state index contributed by atoms with van der Waals surface area (Å²) in [4.78, 5) is 22.4. The Balaban J connectivity index is 1.63. The highest BCUT2D eigenvalue weighted by Gasteiger charge is 2.24. The van der Waals surface area contributed by atoms with Crippen LogP contribution in [0.1, 0.15) is 12.1 Å². The quantitative estimate of drug-likeness (QED) is 0.567. The lowest BCUT2D eigenvalue weighted by atomic mass is 10.2. The summed E-state index contributed by atoms with van der Waals surface area (Å²) in [6.45, 7) is 0.445. The molecule has 3 N–H and O–H groups in total. The highest BCUT2D eigenvalue weighted by molar-refractivity contribution is 8.15. The van der Waals surface area contributed by atoms with E-state index in [1.165, 1.54) is 24.0 Å². The molecule has 0 saturated heterocycles. The number of hydrogen-bond acceptors (Lipinski definition) is 6. The minimum absolute atomic E-state index is 0.0486. The SMILES string of the molecule is O=C(O)CC1CN=C(c2cc3cccc(NS(=O)(=O)c4ccccn4)c3[nH]2)S1. The van der Waals surface area contributed by atoms with Crippen LogP contribution in [0.4, 0.5) is 5.69 Å². The fourth-order valence-corrected chi connectivity index (χ4v) is 5.02. The highest BCUT2D eigenvalue weighted by Crippen LogP contribution is 2.31. The number of carboxylic acid groups (broad SMARTS) is 1. The molecule has 2 aromatic heterocycles. The number of carboxylic acids is 1. The van der Waals surface area contributed by atoms with Gasteiger partial charge < -0.3 is 10.1 Å². The molecule has 144 valence electrons. The van der Waals surface area contributed by atoms with Gasteiger partial charge in [0.05, 0.1) is 29.9 Å². The standard InChI is InChI=1S/C18H16N4O4S2/c23-16(24)9-12-10-20-18(27-12)14-8-11-4-3-5-13(17(11)21-14)22-28(25,26)15-6-1-2-7-19-15/h1-8,12,21-22H,9-10H2,(H,23,24). The van der Waals surface area contributed by atoms with E-state index in [0.717, 1.165) is 16.1 Å². The number of nitrogens with one attached hydrogen (secondary N) is 2. The molecule has 0 amide bonds. The van der Waals surface area contributed by atoms with Crippen LogP contribution in [-0.2, 0) is 14.8 Å². The Labute approximate surface area is 165 Å². The molecular weight excluding hydrogens is 400 g/mol. The lowest BCUT2D eigenvalue weighted by molar-refractivity contribution is -0.136. The van der Waals surface area contributed by atoms with Crippen molar-refractivity contribution in [1.82, 2.24) is 9.97 Å². The lowest BCUT2D eigenvalue weighted by Gasteiger charge is -2.08. The molecule has 3 aromatic rings. The molecule has 28 heavy (non-hydrogen) atoms. The number of rotatable bonds is 6. The zero-order valence-electron chi connectivity index (χ0n) is 14.5. The zero-order chi connectivity index (χ0) is 19.7. The van der Waals surface area contributed by atoms with Crippen LogP contribution in [0.5, 0.6) is 0 Å². The van der Waals surface area contributed by atoms with Gasteiger partial charge in [-0.1, -0.05) is 30.0 Å². The van der Waals surface area contributed by atoms with Crippen molar-refractivity contribution in [2.75, 3.05) is 11.3 Å². The van der Waals surface area contributed by atoms with Gasteiger partial charge in [-0.05, 0) is 24.3 Å². The average molecular weight is 416 g/mol. The van der Waals surface area contributed by atoms with Crippen molar-refractivity contribution in [2.45, 2.75) is 16.7 Å². The topological polar surface area (TPSA) is 125 Å². The minimum Gasteiger partial charge on any atom is -0.481 e. The second-order valence-electron chi connectivity index (χ2n) is 6.21. The number of H-pyrrole nitrogens is 1. The van der Waals surface area contributed by atoms with Gasteiger partial charge in [0.25, 0.3) is 10.0 Å². The minimum atomic E-state index is -3.82. The van der Waals surface area contributed by atoms with E-state index in [1.807, 2.05) is 12.1 Å². The number of thioether (sulfide) groups is 1. The molecule has 0 bridgehead atoms. The molecule has 1 atom stereocenters. The zero-order valence-corrected chi connectivity index (χ0v) is 16.1. The summed E-state index contributed by atoms with van der Waals surface area (Å²) in [6, 6.07) is 11.8. The number of benzene rings is 1. The Morgan fingerprint density at radius 3 is 2.89 bits per heavy atom. The van der Waals surface area contributed by atoms with Crippen molar-refractivity contribution in [2.24, 2.45) is 4.99 Å². The van der Waals surface area contributed by atoms with Crippen LogP contribution in [0, 0.1) is 0 Å². The molecule has 0 fully saturated rings. The number of aromatic nitrogens is 2. The maximum atomic E-state index is 12.6. The maximum Gasteiger partial charge on any atom is 0.304 e. The summed E-state index contributed by atoms with van der Waals surface area (Å²) in [6.07, 6.45) is 1.47. The highest BCUT2D eigenvalue weighted by atomic mass is 32.2. The van der Waals surface area contributed by atoms with Gasteiger partial charge in [0.1, 0.15) is 5.04 Å². The van der Waals surface area contributed by atoms with Crippen molar-refractivity contribution in [1.29, 1.82) is 0 Å². The molecule has 1 unspecified atom stereocenters. The van der Waals surface area contributed by atoms with Gasteiger partial charge in [-0.3, -0.25) is 14.5 Å². The van der Waals surface area contributed by atoms with E-state index in [-0.39, 0.29) is 16.7 Å². The molecule has 1 aliphatic rings. The number of carbonyl (C=O) groups is 1. The molecule has 3 heterocycles. The number of hydrogen-bond donors (Lipinski definition) is 3. The molecule has 4 rings (SSSR count). The number of sulfonamides is 1. The first-order chi connectivity index (χ1) is 13.4. The van der Waals surface area contributed by atoms with E-state index < -0.39 is 16.0 Å². The third kappa shape index (κ3) is 3.73. The normalized spacial score (nSPS) is 16.9. The van der Waals surface area contributed by atoms with Crippen LogP contribution in [-0.4, -0.2) is 46.3 Å². The summed E-state index contributed by atoms with van der Waals surface area (Å²) in [5.74, 6) is -0.850.